The van der Waals surface area contributed by atoms with Crippen LogP contribution in [0.5, 0.6) is 0 Å². The van der Waals surface area contributed by atoms with Crippen LogP contribution in [-0.4, -0.2) is 46.5 Å². The van der Waals surface area contributed by atoms with Crippen LogP contribution in [0.4, 0.5) is 4.79 Å². The molecule has 1 fully saturated rings. The molecule has 1 aliphatic rings. The minimum Gasteiger partial charge on any atom is -0.444 e. The van der Waals surface area contributed by atoms with Crippen molar-refractivity contribution in [3.05, 3.63) is 42.0 Å². The number of hydrogen-bond donors (Lipinski definition) is 2. The van der Waals surface area contributed by atoms with Gasteiger partial charge in [0.25, 0.3) is 0 Å². The van der Waals surface area contributed by atoms with Crippen LogP contribution in [0, 0.1) is 5.92 Å². The predicted molar refractivity (Wildman–Crippen MR) is 144 cm³/mol. The van der Waals surface area contributed by atoms with Crippen molar-refractivity contribution in [3.8, 4) is 0 Å². The second-order valence-electron chi connectivity index (χ2n) is 11.2. The van der Waals surface area contributed by atoms with E-state index in [0.717, 1.165) is 43.2 Å². The van der Waals surface area contributed by atoms with Gasteiger partial charge in [0.2, 0.25) is 11.8 Å². The minimum absolute atomic E-state index is 0.0216. The van der Waals surface area contributed by atoms with Crippen molar-refractivity contribution in [3.63, 3.8) is 0 Å². The Morgan fingerprint density at radius 2 is 1.83 bits per heavy atom. The molecule has 0 aliphatic heterocycles. The van der Waals surface area contributed by atoms with Crippen LogP contribution in [-0.2, 0) is 14.3 Å². The van der Waals surface area contributed by atoms with Gasteiger partial charge in [-0.15, -0.1) is 0 Å². The van der Waals surface area contributed by atoms with Crippen molar-refractivity contribution in [1.82, 2.24) is 15.5 Å². The smallest absolute Gasteiger partial charge is 0.408 e. The summed E-state index contributed by atoms with van der Waals surface area (Å²) in [6.45, 7) is 17.0. The molecule has 1 aromatic rings. The van der Waals surface area contributed by atoms with Crippen LogP contribution in [0.2, 0.25) is 0 Å². The van der Waals surface area contributed by atoms with Gasteiger partial charge in [0.15, 0.2) is 0 Å². The average Bonchev–Trinajstić information content (AvgIpc) is 2.74. The van der Waals surface area contributed by atoms with Crippen molar-refractivity contribution in [1.29, 1.82) is 0 Å². The quantitative estimate of drug-likeness (QED) is 0.414. The van der Waals surface area contributed by atoms with E-state index in [4.69, 9.17) is 4.74 Å². The van der Waals surface area contributed by atoms with Gasteiger partial charge in [-0.1, -0.05) is 58.0 Å². The van der Waals surface area contributed by atoms with Crippen LogP contribution in [0.15, 0.2) is 30.8 Å². The molecule has 1 aromatic carbocycles. The highest BCUT2D eigenvalue weighted by molar-refractivity contribution is 5.92. The molecule has 3 atom stereocenters. The molecule has 0 heterocycles. The van der Waals surface area contributed by atoms with Crippen molar-refractivity contribution in [2.45, 2.75) is 110 Å². The fraction of sp³-hybridized carbons (Fsp3) is 0.621. The van der Waals surface area contributed by atoms with E-state index in [9.17, 15) is 14.4 Å². The van der Waals surface area contributed by atoms with E-state index >= 15 is 0 Å². The molecule has 0 bridgehead atoms. The van der Waals surface area contributed by atoms with E-state index in [1.165, 1.54) is 0 Å². The number of alkyl carbamates (subject to hydrolysis) is 1. The number of carbonyl (C=O) groups is 3. The molecule has 0 saturated heterocycles. The zero-order valence-corrected chi connectivity index (χ0v) is 23.1. The number of carbonyl (C=O) groups excluding carboxylic acids is 3. The number of benzene rings is 1. The third-order valence-corrected chi connectivity index (χ3v) is 6.43. The van der Waals surface area contributed by atoms with Crippen molar-refractivity contribution < 1.29 is 19.1 Å². The molecule has 0 radical (unpaired) electrons. The Labute approximate surface area is 217 Å². The van der Waals surface area contributed by atoms with Gasteiger partial charge in [-0.05, 0) is 76.5 Å². The molecule has 7 nitrogen and oxygen atoms in total. The van der Waals surface area contributed by atoms with E-state index in [1.54, 1.807) is 31.7 Å². The number of rotatable bonds is 11. The third kappa shape index (κ3) is 8.10. The maximum Gasteiger partial charge on any atom is 0.408 e. The molecule has 0 spiro atoms. The third-order valence-electron chi connectivity index (χ3n) is 6.43. The molecule has 0 aromatic heterocycles. The molecular weight excluding hydrogens is 454 g/mol. The average molecular weight is 500 g/mol. The summed E-state index contributed by atoms with van der Waals surface area (Å²) < 4.78 is 5.44. The van der Waals surface area contributed by atoms with Gasteiger partial charge in [-0.2, -0.15) is 0 Å². The highest BCUT2D eigenvalue weighted by Crippen LogP contribution is 2.34. The Morgan fingerprint density at radius 3 is 2.33 bits per heavy atom. The van der Waals surface area contributed by atoms with E-state index in [-0.39, 0.29) is 29.8 Å². The van der Waals surface area contributed by atoms with Crippen molar-refractivity contribution in [2.24, 2.45) is 5.92 Å². The summed E-state index contributed by atoms with van der Waals surface area (Å²) in [6.07, 6.45) is 5.50. The van der Waals surface area contributed by atoms with Gasteiger partial charge < -0.3 is 20.3 Å². The molecule has 1 aliphatic carbocycles. The van der Waals surface area contributed by atoms with E-state index in [0.29, 0.717) is 0 Å². The van der Waals surface area contributed by atoms with Crippen LogP contribution in [0.1, 0.15) is 97.7 Å². The zero-order valence-electron chi connectivity index (χ0n) is 23.1. The molecule has 2 rings (SSSR count). The monoisotopic (exact) mass is 499 g/mol. The Bertz CT molecular complexity index is 917. The van der Waals surface area contributed by atoms with Crippen LogP contribution in [0.3, 0.4) is 0 Å². The normalized spacial score (nSPS) is 16.3. The Balaban J connectivity index is 2.50. The summed E-state index contributed by atoms with van der Waals surface area (Å²) in [5.74, 6) is -0.681. The molecule has 3 amide bonds. The van der Waals surface area contributed by atoms with Crippen LogP contribution in [0.25, 0.3) is 6.08 Å². The Kier molecular flexibility index (Phi) is 10.6. The number of nitrogens with zero attached hydrogens (tertiary/aromatic N) is 1. The van der Waals surface area contributed by atoms with Gasteiger partial charge in [0, 0.05) is 12.1 Å². The number of ether oxygens (including phenoxy) is 1. The molecule has 3 unspecified atom stereocenters. The second kappa shape index (κ2) is 12.9. The second-order valence-corrected chi connectivity index (χ2v) is 11.2. The summed E-state index contributed by atoms with van der Waals surface area (Å²) in [7, 11) is 0. The predicted octanol–water partition coefficient (Wildman–Crippen LogP) is 5.61. The Hall–Kier alpha value is -2.83. The SMILES string of the molecule is C=Cc1cccc(C(C(=O)NC(C)CCC)N(C(=O)C(NC(=O)OC(C)(C)C)C(C)C)C2CCC2)c1. The first-order valence-electron chi connectivity index (χ1n) is 13.2. The topological polar surface area (TPSA) is 87.7 Å². The first kappa shape index (κ1) is 29.4. The lowest BCUT2D eigenvalue weighted by Crippen LogP contribution is -2.59. The van der Waals surface area contributed by atoms with E-state index in [2.05, 4.69) is 24.1 Å². The number of nitrogens with one attached hydrogen (secondary N) is 2. The van der Waals surface area contributed by atoms with Gasteiger partial charge in [0.05, 0.1) is 0 Å². The molecule has 7 heteroatoms. The van der Waals surface area contributed by atoms with Crippen LogP contribution >= 0.6 is 0 Å². The van der Waals surface area contributed by atoms with E-state index < -0.39 is 23.8 Å². The first-order valence-corrected chi connectivity index (χ1v) is 13.2. The summed E-state index contributed by atoms with van der Waals surface area (Å²) >= 11 is 0. The van der Waals surface area contributed by atoms with Crippen molar-refractivity contribution >= 4 is 24.0 Å². The lowest BCUT2D eigenvalue weighted by Gasteiger charge is -2.44. The van der Waals surface area contributed by atoms with E-state index in [1.807, 2.05) is 45.0 Å². The summed E-state index contributed by atoms with van der Waals surface area (Å²) in [6, 6.07) is 5.84. The molecule has 1 saturated carbocycles. The summed E-state index contributed by atoms with van der Waals surface area (Å²) in [4.78, 5) is 42.3. The summed E-state index contributed by atoms with van der Waals surface area (Å²) in [5.41, 5.74) is 0.916. The fourth-order valence-corrected chi connectivity index (χ4v) is 4.41. The van der Waals surface area contributed by atoms with Gasteiger partial charge in [0.1, 0.15) is 17.7 Å². The summed E-state index contributed by atoms with van der Waals surface area (Å²) in [5, 5.41) is 5.91. The fourth-order valence-electron chi connectivity index (χ4n) is 4.41. The van der Waals surface area contributed by atoms with Crippen LogP contribution < -0.4 is 10.6 Å². The lowest BCUT2D eigenvalue weighted by molar-refractivity contribution is -0.148. The molecule has 200 valence electrons. The first-order chi connectivity index (χ1) is 16.9. The highest BCUT2D eigenvalue weighted by atomic mass is 16.6. The van der Waals surface area contributed by atoms with Crippen molar-refractivity contribution in [2.75, 3.05) is 0 Å². The molecule has 36 heavy (non-hydrogen) atoms. The Morgan fingerprint density at radius 1 is 1.17 bits per heavy atom. The molecular formula is C29H45N3O4. The maximum absolute atomic E-state index is 14.2. The lowest BCUT2D eigenvalue weighted by atomic mass is 9.87. The zero-order chi connectivity index (χ0) is 27.0. The highest BCUT2D eigenvalue weighted by Gasteiger charge is 2.43. The number of amides is 3. The molecule has 2 N–H and O–H groups in total. The van der Waals surface area contributed by atoms with Gasteiger partial charge in [-0.25, -0.2) is 4.79 Å². The minimum atomic E-state index is -0.827. The number of hydrogen-bond acceptors (Lipinski definition) is 4. The standard InChI is InChI=1S/C29H45N3O4/c1-9-13-20(5)30-26(33)25(22-15-11-14-21(10-2)18-22)32(23-16-12-17-23)27(34)24(19(3)4)31-28(35)36-29(6,7)8/h10-11,14-15,18-20,23-25H,2,9,12-13,16-17H2,1,3-8H3,(H,30,33)(H,31,35). The largest absolute Gasteiger partial charge is 0.444 e. The maximum atomic E-state index is 14.2. The van der Waals surface area contributed by atoms with Gasteiger partial charge in [-0.3, -0.25) is 9.59 Å². The van der Waals surface area contributed by atoms with Gasteiger partial charge >= 0.3 is 6.09 Å².